The normalized spacial score (nSPS) is 20.3. The molecule has 0 saturated carbocycles. The molecular weight excluding hydrogens is 511 g/mol. The first-order valence-electron chi connectivity index (χ1n) is 12.0. The first kappa shape index (κ1) is 26.7. The molecule has 0 spiro atoms. The van der Waals surface area contributed by atoms with E-state index >= 15 is 0 Å². The maximum absolute atomic E-state index is 14.0. The number of rotatable bonds is 8. The number of nitrogens with zero attached hydrogens (tertiary/aromatic N) is 2. The number of hydrogen-bond acceptors (Lipinski definition) is 4. The Hall–Kier alpha value is -3.37. The SMILES string of the molecule is CCCC(C(=O)O)N1C(=O)[C@@H](Cc2ccc(C#N)cc2)O[C@H](c2ccc(Cl)cc2)[C@@H]1c1ccc(Cl)cc1. The summed E-state index contributed by atoms with van der Waals surface area (Å²) in [5.41, 5.74) is 2.81. The fraction of sp³-hybridized carbons (Fsp3) is 0.276. The summed E-state index contributed by atoms with van der Waals surface area (Å²) in [5, 5.41) is 20.4. The smallest absolute Gasteiger partial charge is 0.326 e. The zero-order valence-electron chi connectivity index (χ0n) is 20.2. The Morgan fingerprint density at radius 3 is 2.08 bits per heavy atom. The molecule has 1 fully saturated rings. The van der Waals surface area contributed by atoms with Crippen molar-refractivity contribution in [1.82, 2.24) is 4.90 Å². The molecule has 0 radical (unpaired) electrons. The fourth-order valence-corrected chi connectivity index (χ4v) is 4.99. The third-order valence-corrected chi connectivity index (χ3v) is 7.03. The predicted molar refractivity (Wildman–Crippen MR) is 141 cm³/mol. The molecule has 1 saturated heterocycles. The molecule has 3 aromatic rings. The van der Waals surface area contributed by atoms with Gasteiger partial charge in [0.25, 0.3) is 5.91 Å². The van der Waals surface area contributed by atoms with E-state index in [0.29, 0.717) is 28.5 Å². The van der Waals surface area contributed by atoms with Crippen molar-refractivity contribution < 1.29 is 19.4 Å². The summed E-state index contributed by atoms with van der Waals surface area (Å²) < 4.78 is 6.50. The van der Waals surface area contributed by atoms with Gasteiger partial charge in [0.05, 0.1) is 17.7 Å². The lowest BCUT2D eigenvalue weighted by Gasteiger charge is -2.47. The Labute approximate surface area is 226 Å². The Balaban J connectivity index is 1.83. The second-order valence-corrected chi connectivity index (χ2v) is 9.87. The van der Waals surface area contributed by atoms with Crippen LogP contribution in [0.25, 0.3) is 0 Å². The van der Waals surface area contributed by atoms with E-state index in [9.17, 15) is 14.7 Å². The lowest BCUT2D eigenvalue weighted by atomic mass is 9.88. The second-order valence-electron chi connectivity index (χ2n) is 8.99. The quantitative estimate of drug-likeness (QED) is 0.361. The summed E-state index contributed by atoms with van der Waals surface area (Å²) in [7, 11) is 0. The monoisotopic (exact) mass is 536 g/mol. The van der Waals surface area contributed by atoms with Crippen LogP contribution in [0.1, 0.15) is 54.2 Å². The zero-order chi connectivity index (χ0) is 26.5. The summed E-state index contributed by atoms with van der Waals surface area (Å²) in [4.78, 5) is 28.0. The largest absolute Gasteiger partial charge is 0.480 e. The lowest BCUT2D eigenvalue weighted by molar-refractivity contribution is -0.184. The minimum atomic E-state index is -1.07. The molecule has 190 valence electrons. The summed E-state index contributed by atoms with van der Waals surface area (Å²) in [5.74, 6) is -1.46. The van der Waals surface area contributed by atoms with Crippen LogP contribution in [0.3, 0.4) is 0 Å². The molecule has 0 bridgehead atoms. The molecule has 1 aliphatic rings. The van der Waals surface area contributed by atoms with Gasteiger partial charge in [-0.15, -0.1) is 0 Å². The Morgan fingerprint density at radius 1 is 1.00 bits per heavy atom. The predicted octanol–water partition coefficient (Wildman–Crippen LogP) is 6.37. The van der Waals surface area contributed by atoms with Gasteiger partial charge in [-0.25, -0.2) is 4.79 Å². The fourth-order valence-electron chi connectivity index (χ4n) is 4.73. The van der Waals surface area contributed by atoms with Crippen molar-refractivity contribution in [2.24, 2.45) is 0 Å². The van der Waals surface area contributed by atoms with Crippen LogP contribution in [-0.4, -0.2) is 34.0 Å². The first-order valence-corrected chi connectivity index (χ1v) is 12.8. The Kier molecular flexibility index (Phi) is 8.50. The van der Waals surface area contributed by atoms with Gasteiger partial charge in [0.1, 0.15) is 18.2 Å². The standard InChI is InChI=1S/C29H26Cl2N2O4/c1-2-3-24(29(35)36)33-26(20-8-12-22(30)13-9-20)27(21-10-14-23(31)15-11-21)37-25(28(33)34)16-18-4-6-19(17-32)7-5-18/h4-15,24-27H,2-3,16H2,1H3,(H,35,36)/t24?,25-,26+,27-/m1/s1. The molecule has 6 nitrogen and oxygen atoms in total. The van der Waals surface area contributed by atoms with Crippen LogP contribution in [0.15, 0.2) is 72.8 Å². The number of carbonyl (C=O) groups excluding carboxylic acids is 1. The van der Waals surface area contributed by atoms with Gasteiger partial charge in [-0.2, -0.15) is 5.26 Å². The molecular formula is C29H26Cl2N2O4. The number of ether oxygens (including phenoxy) is 1. The Bertz CT molecular complexity index is 1290. The van der Waals surface area contributed by atoms with Crippen LogP contribution in [0.4, 0.5) is 0 Å². The van der Waals surface area contributed by atoms with Gasteiger partial charge >= 0.3 is 5.97 Å². The summed E-state index contributed by atoms with van der Waals surface area (Å²) in [6.07, 6.45) is -0.464. The van der Waals surface area contributed by atoms with Crippen LogP contribution in [0, 0.1) is 11.3 Å². The third kappa shape index (κ3) is 5.97. The van der Waals surface area contributed by atoms with Gasteiger partial charge < -0.3 is 14.7 Å². The summed E-state index contributed by atoms with van der Waals surface area (Å²) >= 11 is 12.3. The number of nitriles is 1. The molecule has 1 amide bonds. The topological polar surface area (TPSA) is 90.6 Å². The molecule has 1 aliphatic heterocycles. The van der Waals surface area contributed by atoms with E-state index < -0.39 is 36.2 Å². The van der Waals surface area contributed by atoms with E-state index in [1.165, 1.54) is 4.90 Å². The highest BCUT2D eigenvalue weighted by Crippen LogP contribution is 2.44. The minimum Gasteiger partial charge on any atom is -0.480 e. The molecule has 8 heteroatoms. The lowest BCUT2D eigenvalue weighted by Crippen LogP contribution is -2.57. The van der Waals surface area contributed by atoms with Crippen molar-refractivity contribution in [2.45, 2.75) is 50.5 Å². The highest BCUT2D eigenvalue weighted by Gasteiger charge is 2.48. The number of carboxylic acids is 1. The van der Waals surface area contributed by atoms with E-state index in [0.717, 1.165) is 16.7 Å². The number of morpholine rings is 1. The number of hydrogen-bond donors (Lipinski definition) is 1. The van der Waals surface area contributed by atoms with Crippen molar-refractivity contribution in [3.8, 4) is 6.07 Å². The number of carbonyl (C=O) groups is 2. The Morgan fingerprint density at radius 2 is 1.57 bits per heavy atom. The molecule has 1 N–H and O–H groups in total. The van der Waals surface area contributed by atoms with Gasteiger partial charge in [-0.3, -0.25) is 4.79 Å². The number of amides is 1. The van der Waals surface area contributed by atoms with Crippen molar-refractivity contribution in [3.63, 3.8) is 0 Å². The minimum absolute atomic E-state index is 0.233. The number of halogens is 2. The highest BCUT2D eigenvalue weighted by molar-refractivity contribution is 6.30. The van der Waals surface area contributed by atoms with Gasteiger partial charge in [-0.05, 0) is 59.5 Å². The second kappa shape index (κ2) is 11.8. The molecule has 0 aliphatic carbocycles. The van der Waals surface area contributed by atoms with Gasteiger partial charge in [0, 0.05) is 16.5 Å². The highest BCUT2D eigenvalue weighted by atomic mass is 35.5. The first-order chi connectivity index (χ1) is 17.8. The molecule has 37 heavy (non-hydrogen) atoms. The van der Waals surface area contributed by atoms with Crippen LogP contribution < -0.4 is 0 Å². The van der Waals surface area contributed by atoms with Crippen LogP contribution in [0.2, 0.25) is 10.0 Å². The number of benzene rings is 3. The van der Waals surface area contributed by atoms with Crippen LogP contribution >= 0.6 is 23.2 Å². The molecule has 0 aromatic heterocycles. The van der Waals surface area contributed by atoms with Crippen LogP contribution in [-0.2, 0) is 20.7 Å². The van der Waals surface area contributed by atoms with E-state index in [1.807, 2.05) is 19.1 Å². The number of carboxylic acid groups (broad SMARTS) is 1. The van der Waals surface area contributed by atoms with Crippen molar-refractivity contribution in [2.75, 3.05) is 0 Å². The van der Waals surface area contributed by atoms with Crippen molar-refractivity contribution >= 4 is 35.1 Å². The third-order valence-electron chi connectivity index (χ3n) is 6.52. The van der Waals surface area contributed by atoms with E-state index in [4.69, 9.17) is 33.2 Å². The summed E-state index contributed by atoms with van der Waals surface area (Å²) in [6, 6.07) is 21.5. The van der Waals surface area contributed by atoms with Crippen LogP contribution in [0.5, 0.6) is 0 Å². The van der Waals surface area contributed by atoms with E-state index in [-0.39, 0.29) is 6.42 Å². The zero-order valence-corrected chi connectivity index (χ0v) is 21.7. The van der Waals surface area contributed by atoms with Crippen molar-refractivity contribution in [1.29, 1.82) is 5.26 Å². The molecule has 3 aromatic carbocycles. The van der Waals surface area contributed by atoms with Gasteiger partial charge in [0.15, 0.2) is 0 Å². The van der Waals surface area contributed by atoms with Gasteiger partial charge in [-0.1, -0.05) is 72.9 Å². The average Bonchev–Trinajstić information content (AvgIpc) is 2.90. The molecule has 1 unspecified atom stereocenters. The van der Waals surface area contributed by atoms with E-state index in [2.05, 4.69) is 6.07 Å². The number of aliphatic carboxylic acids is 1. The average molecular weight is 537 g/mol. The molecule has 4 rings (SSSR count). The maximum Gasteiger partial charge on any atom is 0.326 e. The maximum atomic E-state index is 14.0. The molecule has 4 atom stereocenters. The van der Waals surface area contributed by atoms with Gasteiger partial charge in [0.2, 0.25) is 0 Å². The van der Waals surface area contributed by atoms with E-state index in [1.54, 1.807) is 60.7 Å². The molecule has 1 heterocycles. The summed E-state index contributed by atoms with van der Waals surface area (Å²) in [6.45, 7) is 1.89. The van der Waals surface area contributed by atoms with Crippen molar-refractivity contribution in [3.05, 3.63) is 105 Å².